The maximum atomic E-state index is 9.36. The fourth-order valence-corrected chi connectivity index (χ4v) is 2.88. The summed E-state index contributed by atoms with van der Waals surface area (Å²) in [6.07, 6.45) is 0.993. The van der Waals surface area contributed by atoms with Gasteiger partial charge in [0.15, 0.2) is 0 Å². The van der Waals surface area contributed by atoms with E-state index in [1.54, 1.807) is 28.9 Å². The van der Waals surface area contributed by atoms with Crippen LogP contribution in [0.5, 0.6) is 11.5 Å². The second-order valence-corrected chi connectivity index (χ2v) is 6.15. The third-order valence-corrected chi connectivity index (χ3v) is 4.31. The van der Waals surface area contributed by atoms with Gasteiger partial charge in [-0.15, -0.1) is 5.10 Å². The first-order valence-corrected chi connectivity index (χ1v) is 8.67. The molecule has 0 aliphatic heterocycles. The van der Waals surface area contributed by atoms with Crippen molar-refractivity contribution in [3.05, 3.63) is 54.1 Å². The second kappa shape index (κ2) is 7.83. The first kappa shape index (κ1) is 16.3. The number of tetrazole rings is 1. The summed E-state index contributed by atoms with van der Waals surface area (Å²) in [5.74, 6) is 1.83. The van der Waals surface area contributed by atoms with Crippen LogP contribution in [0.25, 0.3) is 5.69 Å². The monoisotopic (exact) mass is 342 g/mol. The molecule has 1 heterocycles. The van der Waals surface area contributed by atoms with E-state index in [0.717, 1.165) is 23.6 Å². The van der Waals surface area contributed by atoms with Crippen LogP contribution in [0.4, 0.5) is 0 Å². The van der Waals surface area contributed by atoms with Crippen LogP contribution in [-0.4, -0.2) is 37.7 Å². The van der Waals surface area contributed by atoms with E-state index < -0.39 is 0 Å². The average molecular weight is 342 g/mol. The SMILES string of the molecule is CCc1cccc(OCCSc2nnnn2-c2ccc(O)cc2)c1. The van der Waals surface area contributed by atoms with Gasteiger partial charge in [0.05, 0.1) is 12.3 Å². The van der Waals surface area contributed by atoms with Crippen molar-refractivity contribution in [3.8, 4) is 17.2 Å². The molecule has 0 aliphatic rings. The third kappa shape index (κ3) is 4.05. The highest BCUT2D eigenvalue weighted by Crippen LogP contribution is 2.20. The summed E-state index contributed by atoms with van der Waals surface area (Å²) in [5.41, 5.74) is 2.06. The molecular weight excluding hydrogens is 324 g/mol. The number of hydrogen-bond donors (Lipinski definition) is 1. The van der Waals surface area contributed by atoms with E-state index in [2.05, 4.69) is 34.6 Å². The summed E-state index contributed by atoms with van der Waals surface area (Å²) in [7, 11) is 0. The molecule has 2 aromatic carbocycles. The van der Waals surface area contributed by atoms with Gasteiger partial charge in [-0.2, -0.15) is 4.68 Å². The zero-order valence-electron chi connectivity index (χ0n) is 13.3. The van der Waals surface area contributed by atoms with Gasteiger partial charge in [-0.1, -0.05) is 30.8 Å². The summed E-state index contributed by atoms with van der Waals surface area (Å²) in [6.45, 7) is 2.69. The van der Waals surface area contributed by atoms with Crippen molar-refractivity contribution in [1.82, 2.24) is 20.2 Å². The van der Waals surface area contributed by atoms with E-state index in [1.807, 2.05) is 12.1 Å². The van der Waals surface area contributed by atoms with Crippen LogP contribution in [0.1, 0.15) is 12.5 Å². The number of aromatic hydroxyl groups is 1. The normalized spacial score (nSPS) is 10.7. The number of rotatable bonds is 7. The van der Waals surface area contributed by atoms with Crippen LogP contribution >= 0.6 is 11.8 Å². The Kier molecular flexibility index (Phi) is 5.32. The molecule has 0 unspecified atom stereocenters. The maximum Gasteiger partial charge on any atom is 0.214 e. The minimum atomic E-state index is 0.212. The molecule has 0 saturated heterocycles. The largest absolute Gasteiger partial charge is 0.508 e. The number of phenols is 1. The second-order valence-electron chi connectivity index (χ2n) is 5.09. The average Bonchev–Trinajstić information content (AvgIpc) is 3.08. The van der Waals surface area contributed by atoms with E-state index in [9.17, 15) is 5.11 Å². The van der Waals surface area contributed by atoms with E-state index in [4.69, 9.17) is 4.74 Å². The number of hydrogen-bond acceptors (Lipinski definition) is 6. The minimum absolute atomic E-state index is 0.212. The molecule has 0 amide bonds. The summed E-state index contributed by atoms with van der Waals surface area (Å²) >= 11 is 1.52. The van der Waals surface area contributed by atoms with Crippen LogP contribution in [0.3, 0.4) is 0 Å². The standard InChI is InChI=1S/C17H18N4O2S/c1-2-13-4-3-5-16(12-13)23-10-11-24-17-18-19-20-21(17)14-6-8-15(22)9-7-14/h3-9,12,22H,2,10-11H2,1H3. The molecule has 7 heteroatoms. The first-order valence-electron chi connectivity index (χ1n) is 7.68. The predicted molar refractivity (Wildman–Crippen MR) is 92.9 cm³/mol. The minimum Gasteiger partial charge on any atom is -0.508 e. The third-order valence-electron chi connectivity index (χ3n) is 3.43. The van der Waals surface area contributed by atoms with Gasteiger partial charge in [-0.3, -0.25) is 0 Å². The van der Waals surface area contributed by atoms with Crippen molar-refractivity contribution >= 4 is 11.8 Å². The van der Waals surface area contributed by atoms with Crippen molar-refractivity contribution in [2.24, 2.45) is 0 Å². The predicted octanol–water partition coefficient (Wildman–Crippen LogP) is 3.10. The summed E-state index contributed by atoms with van der Waals surface area (Å²) in [5, 5.41) is 21.8. The van der Waals surface area contributed by atoms with Gasteiger partial charge in [0.25, 0.3) is 0 Å². The maximum absolute atomic E-state index is 9.36. The Morgan fingerprint density at radius 2 is 2.00 bits per heavy atom. The molecular formula is C17H18N4O2S. The molecule has 124 valence electrons. The van der Waals surface area contributed by atoms with Crippen LogP contribution in [0.2, 0.25) is 0 Å². The molecule has 0 spiro atoms. The van der Waals surface area contributed by atoms with E-state index in [0.29, 0.717) is 11.8 Å². The van der Waals surface area contributed by atoms with Crippen LogP contribution in [0.15, 0.2) is 53.7 Å². The van der Waals surface area contributed by atoms with Gasteiger partial charge >= 0.3 is 0 Å². The van der Waals surface area contributed by atoms with Crippen LogP contribution in [0, 0.1) is 0 Å². The Morgan fingerprint density at radius 1 is 1.17 bits per heavy atom. The number of aryl methyl sites for hydroxylation is 1. The molecule has 24 heavy (non-hydrogen) atoms. The smallest absolute Gasteiger partial charge is 0.214 e. The molecule has 0 saturated carbocycles. The zero-order valence-corrected chi connectivity index (χ0v) is 14.1. The molecule has 0 radical (unpaired) electrons. The molecule has 0 bridgehead atoms. The molecule has 6 nitrogen and oxygen atoms in total. The number of aromatic nitrogens is 4. The Bertz CT molecular complexity index is 789. The van der Waals surface area contributed by atoms with Crippen LogP contribution in [-0.2, 0) is 6.42 Å². The van der Waals surface area contributed by atoms with Gasteiger partial charge in [0.1, 0.15) is 11.5 Å². The van der Waals surface area contributed by atoms with Crippen molar-refractivity contribution in [2.45, 2.75) is 18.5 Å². The number of thioether (sulfide) groups is 1. The Hall–Kier alpha value is -2.54. The van der Waals surface area contributed by atoms with Crippen molar-refractivity contribution < 1.29 is 9.84 Å². The fraction of sp³-hybridized carbons (Fsp3) is 0.235. The molecule has 3 aromatic rings. The summed E-state index contributed by atoms with van der Waals surface area (Å²) < 4.78 is 7.42. The number of phenolic OH excluding ortho intramolecular Hbond substituents is 1. The van der Waals surface area contributed by atoms with Crippen molar-refractivity contribution in [3.63, 3.8) is 0 Å². The van der Waals surface area contributed by atoms with Gasteiger partial charge in [-0.05, 0) is 58.8 Å². The van der Waals surface area contributed by atoms with Gasteiger partial charge in [0, 0.05) is 5.75 Å². The van der Waals surface area contributed by atoms with Gasteiger partial charge < -0.3 is 9.84 Å². The van der Waals surface area contributed by atoms with E-state index in [1.165, 1.54) is 17.3 Å². The molecule has 0 atom stereocenters. The van der Waals surface area contributed by atoms with Crippen molar-refractivity contribution in [1.29, 1.82) is 0 Å². The number of ether oxygens (including phenoxy) is 1. The van der Waals surface area contributed by atoms with Gasteiger partial charge in [-0.25, -0.2) is 0 Å². The number of nitrogens with zero attached hydrogens (tertiary/aromatic N) is 4. The molecule has 0 aliphatic carbocycles. The number of benzene rings is 2. The van der Waals surface area contributed by atoms with Gasteiger partial charge in [0.2, 0.25) is 5.16 Å². The highest BCUT2D eigenvalue weighted by molar-refractivity contribution is 7.99. The Balaban J connectivity index is 1.56. The van der Waals surface area contributed by atoms with E-state index >= 15 is 0 Å². The summed E-state index contributed by atoms with van der Waals surface area (Å²) in [4.78, 5) is 0. The Morgan fingerprint density at radius 3 is 2.79 bits per heavy atom. The molecule has 3 rings (SSSR count). The van der Waals surface area contributed by atoms with E-state index in [-0.39, 0.29) is 5.75 Å². The fourth-order valence-electron chi connectivity index (χ4n) is 2.17. The van der Waals surface area contributed by atoms with Crippen molar-refractivity contribution in [2.75, 3.05) is 12.4 Å². The molecule has 1 N–H and O–H groups in total. The topological polar surface area (TPSA) is 73.1 Å². The Labute approximate surface area is 144 Å². The zero-order chi connectivity index (χ0) is 16.8. The van der Waals surface area contributed by atoms with Crippen LogP contribution < -0.4 is 4.74 Å². The lowest BCUT2D eigenvalue weighted by Crippen LogP contribution is -2.03. The lowest BCUT2D eigenvalue weighted by molar-refractivity contribution is 0.343. The lowest BCUT2D eigenvalue weighted by atomic mass is 10.2. The lowest BCUT2D eigenvalue weighted by Gasteiger charge is -2.07. The quantitative estimate of drug-likeness (QED) is 0.525. The highest BCUT2D eigenvalue weighted by atomic mass is 32.2. The highest BCUT2D eigenvalue weighted by Gasteiger charge is 2.09. The summed E-state index contributed by atoms with van der Waals surface area (Å²) in [6, 6.07) is 14.9. The molecule has 1 aromatic heterocycles. The molecule has 0 fully saturated rings. The first-order chi connectivity index (χ1) is 11.8.